The van der Waals surface area contributed by atoms with E-state index in [4.69, 9.17) is 22.4 Å². The molecule has 0 bridgehead atoms. The van der Waals surface area contributed by atoms with Gasteiger partial charge >= 0.3 is 11.9 Å². The van der Waals surface area contributed by atoms with Crippen LogP contribution in [0.5, 0.6) is 0 Å². The van der Waals surface area contributed by atoms with Crippen LogP contribution in [0.4, 0.5) is 0 Å². The standard InChI is InChI=1S/C5H10ClNO2.C3H6O2/c1-3(7)5(8)9-4(2)6;1-2-3(4)5/h3-4H,7H2,1-2H3;2H2,1H3,(H,4,5). The largest absolute Gasteiger partial charge is 0.481 e. The Hall–Kier alpha value is -0.810. The minimum Gasteiger partial charge on any atom is -0.481 e. The number of hydrogen-bond donors (Lipinski definition) is 2. The van der Waals surface area contributed by atoms with Crippen molar-refractivity contribution < 1.29 is 19.4 Å². The average Bonchev–Trinajstić information content (AvgIpc) is 2.04. The Balaban J connectivity index is 0. The summed E-state index contributed by atoms with van der Waals surface area (Å²) in [5, 5.41) is 7.72. The molecule has 2 unspecified atom stereocenters. The lowest BCUT2D eigenvalue weighted by molar-refractivity contribution is -0.146. The molecular formula is C8H16ClNO4. The fraction of sp³-hybridized carbons (Fsp3) is 0.750. The van der Waals surface area contributed by atoms with E-state index in [1.807, 2.05) is 0 Å². The second kappa shape index (κ2) is 8.77. The number of esters is 1. The molecule has 0 saturated carbocycles. The molecule has 0 aromatic rings. The molecule has 3 N–H and O–H groups in total. The van der Waals surface area contributed by atoms with Crippen molar-refractivity contribution in [2.45, 2.75) is 38.8 Å². The first-order chi connectivity index (χ1) is 6.31. The van der Waals surface area contributed by atoms with Gasteiger partial charge in [-0.2, -0.15) is 0 Å². The Morgan fingerprint density at radius 1 is 1.50 bits per heavy atom. The molecule has 0 radical (unpaired) electrons. The predicted octanol–water partition coefficient (Wildman–Crippen LogP) is 0.943. The van der Waals surface area contributed by atoms with Gasteiger partial charge in [0.05, 0.1) is 0 Å². The summed E-state index contributed by atoms with van der Waals surface area (Å²) in [6.07, 6.45) is 0.222. The number of carbonyl (C=O) groups is 2. The minimum atomic E-state index is -0.745. The monoisotopic (exact) mass is 225 g/mol. The molecule has 5 nitrogen and oxygen atoms in total. The Morgan fingerprint density at radius 2 is 1.86 bits per heavy atom. The predicted molar refractivity (Wildman–Crippen MR) is 53.0 cm³/mol. The summed E-state index contributed by atoms with van der Waals surface area (Å²) >= 11 is 5.32. The molecule has 84 valence electrons. The molecule has 6 heteroatoms. The number of carbonyl (C=O) groups excluding carboxylic acids is 1. The van der Waals surface area contributed by atoms with Crippen LogP contribution in [0.15, 0.2) is 0 Å². The van der Waals surface area contributed by atoms with Crippen molar-refractivity contribution in [3.8, 4) is 0 Å². The molecule has 0 fully saturated rings. The SMILES string of the molecule is CC(Cl)OC(=O)C(C)N.CCC(=O)O. The summed E-state index contributed by atoms with van der Waals surface area (Å²) in [5.74, 6) is -1.22. The number of nitrogens with two attached hydrogens (primary N) is 1. The Bertz CT molecular complexity index is 182. The normalized spacial score (nSPS) is 13.2. The molecule has 14 heavy (non-hydrogen) atoms. The van der Waals surface area contributed by atoms with Crippen molar-refractivity contribution in [1.29, 1.82) is 0 Å². The van der Waals surface area contributed by atoms with Gasteiger partial charge in [-0.25, -0.2) is 0 Å². The fourth-order valence-corrected chi connectivity index (χ4v) is 0.355. The molecule has 2 atom stereocenters. The van der Waals surface area contributed by atoms with Gasteiger partial charge in [-0.05, 0) is 13.8 Å². The fourth-order valence-electron chi connectivity index (χ4n) is 0.267. The Kier molecular flexibility index (Phi) is 9.81. The van der Waals surface area contributed by atoms with Crippen LogP contribution in [0.3, 0.4) is 0 Å². The number of rotatable bonds is 3. The summed E-state index contributed by atoms with van der Waals surface area (Å²) in [4.78, 5) is 19.9. The van der Waals surface area contributed by atoms with Crippen LogP contribution in [-0.4, -0.2) is 28.7 Å². The van der Waals surface area contributed by atoms with E-state index in [1.54, 1.807) is 20.8 Å². The third kappa shape index (κ3) is 13.8. The van der Waals surface area contributed by atoms with Gasteiger partial charge in [0.2, 0.25) is 0 Å². The van der Waals surface area contributed by atoms with Gasteiger partial charge in [-0.15, -0.1) is 0 Å². The molecular weight excluding hydrogens is 210 g/mol. The smallest absolute Gasteiger partial charge is 0.324 e. The lowest BCUT2D eigenvalue weighted by Gasteiger charge is -2.07. The number of hydrogen-bond acceptors (Lipinski definition) is 4. The van der Waals surface area contributed by atoms with Crippen LogP contribution < -0.4 is 5.73 Å². The van der Waals surface area contributed by atoms with E-state index in [9.17, 15) is 9.59 Å². The van der Waals surface area contributed by atoms with Gasteiger partial charge < -0.3 is 15.6 Å². The summed E-state index contributed by atoms with van der Waals surface area (Å²) in [7, 11) is 0. The zero-order valence-corrected chi connectivity index (χ0v) is 9.25. The highest BCUT2D eigenvalue weighted by Gasteiger charge is 2.10. The van der Waals surface area contributed by atoms with E-state index in [0.29, 0.717) is 0 Å². The van der Waals surface area contributed by atoms with Crippen LogP contribution in [0.25, 0.3) is 0 Å². The maximum absolute atomic E-state index is 10.5. The molecule has 0 aliphatic heterocycles. The number of carboxylic acid groups (broad SMARTS) is 1. The first kappa shape index (κ1) is 15.7. The van der Waals surface area contributed by atoms with E-state index in [1.165, 1.54) is 0 Å². The molecule has 0 heterocycles. The van der Waals surface area contributed by atoms with Crippen molar-refractivity contribution in [2.24, 2.45) is 5.73 Å². The van der Waals surface area contributed by atoms with Crippen molar-refractivity contribution in [3.63, 3.8) is 0 Å². The van der Waals surface area contributed by atoms with Crippen LogP contribution in [0.2, 0.25) is 0 Å². The number of halogens is 1. The van der Waals surface area contributed by atoms with E-state index < -0.39 is 23.5 Å². The van der Waals surface area contributed by atoms with E-state index in [2.05, 4.69) is 4.74 Å². The molecule has 0 aliphatic carbocycles. The number of carboxylic acids is 1. The third-order valence-electron chi connectivity index (χ3n) is 0.953. The number of aliphatic carboxylic acids is 1. The van der Waals surface area contributed by atoms with E-state index >= 15 is 0 Å². The first-order valence-corrected chi connectivity index (χ1v) is 4.56. The summed E-state index contributed by atoms with van der Waals surface area (Å²) < 4.78 is 4.51. The topological polar surface area (TPSA) is 89.6 Å². The molecule has 0 aliphatic rings. The molecule has 0 aromatic carbocycles. The van der Waals surface area contributed by atoms with Gasteiger partial charge in [0.25, 0.3) is 0 Å². The minimum absolute atomic E-state index is 0.222. The summed E-state index contributed by atoms with van der Waals surface area (Å²) in [6.45, 7) is 4.70. The van der Waals surface area contributed by atoms with Gasteiger partial charge in [-0.1, -0.05) is 18.5 Å². The van der Waals surface area contributed by atoms with Crippen molar-refractivity contribution in [2.75, 3.05) is 0 Å². The van der Waals surface area contributed by atoms with Crippen LogP contribution in [0, 0.1) is 0 Å². The zero-order valence-electron chi connectivity index (χ0n) is 8.49. The highest BCUT2D eigenvalue weighted by Crippen LogP contribution is 1.96. The maximum atomic E-state index is 10.5. The summed E-state index contributed by atoms with van der Waals surface area (Å²) in [6, 6.07) is -0.591. The highest BCUT2D eigenvalue weighted by molar-refractivity contribution is 6.20. The zero-order chi connectivity index (χ0) is 11.7. The quantitative estimate of drug-likeness (QED) is 0.551. The van der Waals surface area contributed by atoms with Crippen molar-refractivity contribution in [1.82, 2.24) is 0 Å². The molecule has 0 spiro atoms. The molecule has 0 saturated heterocycles. The molecule has 0 amide bonds. The van der Waals surface area contributed by atoms with Crippen LogP contribution >= 0.6 is 11.6 Å². The van der Waals surface area contributed by atoms with E-state index in [0.717, 1.165) is 0 Å². The van der Waals surface area contributed by atoms with Gasteiger partial charge in [0.1, 0.15) is 6.04 Å². The van der Waals surface area contributed by atoms with Crippen molar-refractivity contribution >= 4 is 23.5 Å². The lowest BCUT2D eigenvalue weighted by atomic mass is 10.4. The lowest BCUT2D eigenvalue weighted by Crippen LogP contribution is -2.30. The highest BCUT2D eigenvalue weighted by atomic mass is 35.5. The second-order valence-electron chi connectivity index (χ2n) is 2.52. The molecule has 0 rings (SSSR count). The first-order valence-electron chi connectivity index (χ1n) is 4.13. The van der Waals surface area contributed by atoms with Crippen LogP contribution in [-0.2, 0) is 14.3 Å². The van der Waals surface area contributed by atoms with Gasteiger partial charge in [-0.3, -0.25) is 9.59 Å². The van der Waals surface area contributed by atoms with E-state index in [-0.39, 0.29) is 6.42 Å². The Morgan fingerprint density at radius 3 is 1.93 bits per heavy atom. The number of alkyl halides is 1. The van der Waals surface area contributed by atoms with Gasteiger partial charge in [0, 0.05) is 6.42 Å². The Labute approximate surface area is 88.2 Å². The molecule has 0 aromatic heterocycles. The van der Waals surface area contributed by atoms with Gasteiger partial charge in [0.15, 0.2) is 5.56 Å². The number of ether oxygens (including phenoxy) is 1. The van der Waals surface area contributed by atoms with Crippen LogP contribution in [0.1, 0.15) is 27.2 Å². The van der Waals surface area contributed by atoms with Crippen molar-refractivity contribution in [3.05, 3.63) is 0 Å². The maximum Gasteiger partial charge on any atom is 0.324 e. The summed E-state index contributed by atoms with van der Waals surface area (Å²) in [5.41, 5.74) is 4.56. The second-order valence-corrected chi connectivity index (χ2v) is 3.13. The average molecular weight is 226 g/mol. The third-order valence-corrected chi connectivity index (χ3v) is 1.04.